The number of rotatable bonds is 5. The zero-order chi connectivity index (χ0) is 15.4. The Balaban J connectivity index is 2.30. The van der Waals surface area contributed by atoms with Crippen LogP contribution < -0.4 is 5.32 Å². The van der Waals surface area contributed by atoms with Gasteiger partial charge < -0.3 is 5.32 Å². The van der Waals surface area contributed by atoms with Crippen molar-refractivity contribution in [3.8, 4) is 11.1 Å². The molecule has 0 aromatic heterocycles. The smallest absolute Gasteiger partial charge is 0.131 e. The minimum Gasteiger partial charge on any atom is -0.313 e. The third kappa shape index (κ3) is 3.64. The molecule has 0 radical (unpaired) electrons. The third-order valence-electron chi connectivity index (χ3n) is 3.35. The van der Waals surface area contributed by atoms with Gasteiger partial charge in [-0.15, -0.1) is 0 Å². The summed E-state index contributed by atoms with van der Waals surface area (Å²) in [4.78, 5) is 0. The van der Waals surface area contributed by atoms with E-state index in [1.165, 1.54) is 13.0 Å². The van der Waals surface area contributed by atoms with Crippen LogP contribution in [-0.4, -0.2) is 6.54 Å². The van der Waals surface area contributed by atoms with Crippen LogP contribution in [0.25, 0.3) is 11.1 Å². The zero-order valence-corrected chi connectivity index (χ0v) is 12.1. The molecule has 2 rings (SSSR count). The number of nitrogens with one attached hydrogen (secondary N) is 1. The Labute approximate surface area is 122 Å². The Morgan fingerprint density at radius 3 is 2.38 bits per heavy atom. The standard InChI is InChI=1S/C17H18F3N/c1-3-6-21-10-13-5-4-12(8-16(13)19)14-9-15(18)11(2)7-17(14)20/h4-5,7-9,21H,3,6,10H2,1-2H3. The first kappa shape index (κ1) is 15.6. The Hall–Kier alpha value is -1.81. The summed E-state index contributed by atoms with van der Waals surface area (Å²) < 4.78 is 41.5. The van der Waals surface area contributed by atoms with Gasteiger partial charge in [0.1, 0.15) is 17.5 Å². The molecule has 21 heavy (non-hydrogen) atoms. The first-order valence-electron chi connectivity index (χ1n) is 6.98. The zero-order valence-electron chi connectivity index (χ0n) is 12.1. The molecule has 0 bridgehead atoms. The molecule has 2 aromatic carbocycles. The van der Waals surface area contributed by atoms with Crippen LogP contribution in [-0.2, 0) is 6.54 Å². The highest BCUT2D eigenvalue weighted by atomic mass is 19.1. The first-order chi connectivity index (χ1) is 10.0. The van der Waals surface area contributed by atoms with Gasteiger partial charge in [-0.1, -0.05) is 19.1 Å². The largest absolute Gasteiger partial charge is 0.313 e. The maximum absolute atomic E-state index is 14.0. The van der Waals surface area contributed by atoms with Crippen molar-refractivity contribution in [2.45, 2.75) is 26.8 Å². The van der Waals surface area contributed by atoms with Gasteiger partial charge >= 0.3 is 0 Å². The molecule has 1 N–H and O–H groups in total. The van der Waals surface area contributed by atoms with Crippen LogP contribution >= 0.6 is 0 Å². The molecule has 0 spiro atoms. The lowest BCUT2D eigenvalue weighted by molar-refractivity contribution is 0.585. The summed E-state index contributed by atoms with van der Waals surface area (Å²) in [7, 11) is 0. The van der Waals surface area contributed by atoms with Crippen molar-refractivity contribution >= 4 is 0 Å². The van der Waals surface area contributed by atoms with Crippen molar-refractivity contribution in [2.24, 2.45) is 0 Å². The van der Waals surface area contributed by atoms with Crippen LogP contribution in [0.3, 0.4) is 0 Å². The molecular formula is C17H18F3N. The third-order valence-corrected chi connectivity index (χ3v) is 3.35. The van der Waals surface area contributed by atoms with Crippen molar-refractivity contribution in [1.29, 1.82) is 0 Å². The highest BCUT2D eigenvalue weighted by molar-refractivity contribution is 5.65. The number of halogens is 3. The van der Waals surface area contributed by atoms with Gasteiger partial charge in [0.15, 0.2) is 0 Å². The minimum absolute atomic E-state index is 0.0741. The van der Waals surface area contributed by atoms with Crippen LogP contribution in [0.1, 0.15) is 24.5 Å². The van der Waals surface area contributed by atoms with Crippen molar-refractivity contribution in [3.63, 3.8) is 0 Å². The summed E-state index contributed by atoms with van der Waals surface area (Å²) in [5.74, 6) is -1.47. The molecular weight excluding hydrogens is 275 g/mol. The summed E-state index contributed by atoms with van der Waals surface area (Å²) >= 11 is 0. The van der Waals surface area contributed by atoms with E-state index in [0.717, 1.165) is 25.1 Å². The van der Waals surface area contributed by atoms with Gasteiger partial charge in [-0.2, -0.15) is 0 Å². The van der Waals surface area contributed by atoms with Crippen LogP contribution in [0.2, 0.25) is 0 Å². The predicted molar refractivity (Wildman–Crippen MR) is 78.5 cm³/mol. The molecule has 0 heterocycles. The maximum Gasteiger partial charge on any atom is 0.131 e. The highest BCUT2D eigenvalue weighted by Gasteiger charge is 2.11. The number of hydrogen-bond acceptors (Lipinski definition) is 1. The summed E-state index contributed by atoms with van der Waals surface area (Å²) in [6.45, 7) is 4.75. The normalized spacial score (nSPS) is 10.9. The molecule has 0 atom stereocenters. The van der Waals surface area contributed by atoms with E-state index in [0.29, 0.717) is 17.7 Å². The monoisotopic (exact) mass is 293 g/mol. The van der Waals surface area contributed by atoms with Gasteiger partial charge in [0.2, 0.25) is 0 Å². The minimum atomic E-state index is -0.551. The second-order valence-corrected chi connectivity index (χ2v) is 5.06. The molecule has 0 saturated carbocycles. The fourth-order valence-electron chi connectivity index (χ4n) is 2.13. The van der Waals surface area contributed by atoms with E-state index >= 15 is 0 Å². The lowest BCUT2D eigenvalue weighted by Gasteiger charge is -2.09. The number of aryl methyl sites for hydroxylation is 1. The molecule has 0 aliphatic heterocycles. The van der Waals surface area contributed by atoms with Gasteiger partial charge in [0, 0.05) is 17.7 Å². The van der Waals surface area contributed by atoms with Crippen molar-refractivity contribution in [1.82, 2.24) is 5.32 Å². The average molecular weight is 293 g/mol. The lowest BCUT2D eigenvalue weighted by Crippen LogP contribution is -2.14. The first-order valence-corrected chi connectivity index (χ1v) is 6.98. The molecule has 0 unspecified atom stereocenters. The second-order valence-electron chi connectivity index (χ2n) is 5.06. The predicted octanol–water partition coefficient (Wildman–Crippen LogP) is 4.58. The topological polar surface area (TPSA) is 12.0 Å². The van der Waals surface area contributed by atoms with E-state index in [-0.39, 0.29) is 11.1 Å². The van der Waals surface area contributed by atoms with Gasteiger partial charge in [-0.25, -0.2) is 13.2 Å². The van der Waals surface area contributed by atoms with E-state index in [2.05, 4.69) is 5.32 Å². The quantitative estimate of drug-likeness (QED) is 0.796. The van der Waals surface area contributed by atoms with Crippen molar-refractivity contribution in [2.75, 3.05) is 6.54 Å². The summed E-state index contributed by atoms with van der Waals surface area (Å²) in [5, 5.41) is 3.11. The van der Waals surface area contributed by atoms with Gasteiger partial charge in [-0.3, -0.25) is 0 Å². The van der Waals surface area contributed by atoms with Crippen LogP contribution in [0, 0.1) is 24.4 Å². The fraction of sp³-hybridized carbons (Fsp3) is 0.294. The Kier molecular flexibility index (Phi) is 5.02. The molecule has 0 aliphatic rings. The summed E-state index contributed by atoms with van der Waals surface area (Å²) in [6.07, 6.45) is 0.966. The molecule has 4 heteroatoms. The summed E-state index contributed by atoms with van der Waals surface area (Å²) in [6, 6.07) is 6.69. The molecule has 0 aliphatic carbocycles. The van der Waals surface area contributed by atoms with Gasteiger partial charge in [-0.05, 0) is 49.2 Å². The average Bonchev–Trinajstić information content (AvgIpc) is 2.45. The Morgan fingerprint density at radius 1 is 0.952 bits per heavy atom. The second kappa shape index (κ2) is 6.76. The molecule has 112 valence electrons. The van der Waals surface area contributed by atoms with E-state index < -0.39 is 17.5 Å². The molecule has 1 nitrogen and oxygen atoms in total. The van der Waals surface area contributed by atoms with Gasteiger partial charge in [0.25, 0.3) is 0 Å². The number of benzene rings is 2. The summed E-state index contributed by atoms with van der Waals surface area (Å²) in [5.41, 5.74) is 1.16. The van der Waals surface area contributed by atoms with Crippen LogP contribution in [0.4, 0.5) is 13.2 Å². The molecule has 0 saturated heterocycles. The highest BCUT2D eigenvalue weighted by Crippen LogP contribution is 2.27. The van der Waals surface area contributed by atoms with E-state index in [4.69, 9.17) is 0 Å². The van der Waals surface area contributed by atoms with E-state index in [1.54, 1.807) is 12.1 Å². The maximum atomic E-state index is 14.0. The molecule has 2 aromatic rings. The Morgan fingerprint density at radius 2 is 1.71 bits per heavy atom. The van der Waals surface area contributed by atoms with Gasteiger partial charge in [0.05, 0.1) is 0 Å². The van der Waals surface area contributed by atoms with E-state index in [1.807, 2.05) is 6.92 Å². The Bertz CT molecular complexity index is 638. The van der Waals surface area contributed by atoms with Crippen LogP contribution in [0.15, 0.2) is 30.3 Å². The SMILES string of the molecule is CCCNCc1ccc(-c2cc(F)c(C)cc2F)cc1F. The van der Waals surface area contributed by atoms with E-state index in [9.17, 15) is 13.2 Å². The number of hydrogen-bond donors (Lipinski definition) is 1. The fourth-order valence-corrected chi connectivity index (χ4v) is 2.13. The van der Waals surface area contributed by atoms with Crippen LogP contribution in [0.5, 0.6) is 0 Å². The molecule has 0 amide bonds. The molecule has 0 fully saturated rings. The van der Waals surface area contributed by atoms with Crippen molar-refractivity contribution in [3.05, 3.63) is 58.9 Å². The lowest BCUT2D eigenvalue weighted by atomic mass is 10.0. The van der Waals surface area contributed by atoms with Crippen molar-refractivity contribution < 1.29 is 13.2 Å².